The molecular formula is C8H5F3O2. The van der Waals surface area contributed by atoms with Gasteiger partial charge in [-0.15, -0.1) is 0 Å². The second-order valence-corrected chi connectivity index (χ2v) is 2.22. The number of carbonyl (C=O) groups excluding carboxylic acids is 1. The van der Waals surface area contributed by atoms with Crippen molar-refractivity contribution in [2.75, 3.05) is 0 Å². The quantitative estimate of drug-likeness (QED) is 0.683. The van der Waals surface area contributed by atoms with E-state index in [9.17, 15) is 18.0 Å². The van der Waals surface area contributed by atoms with E-state index < -0.39 is 12.4 Å². The number of halogens is 3. The molecule has 0 N–H and O–H groups in total. The second-order valence-electron chi connectivity index (χ2n) is 2.22. The van der Waals surface area contributed by atoms with E-state index in [1.807, 2.05) is 0 Å². The van der Waals surface area contributed by atoms with E-state index in [0.717, 1.165) is 18.2 Å². The molecule has 0 aliphatic heterocycles. The minimum absolute atomic E-state index is 0.0457. The Morgan fingerprint density at radius 2 is 2.00 bits per heavy atom. The van der Waals surface area contributed by atoms with Crippen molar-refractivity contribution in [3.63, 3.8) is 0 Å². The Bertz CT molecular complexity index is 312. The predicted molar refractivity (Wildman–Crippen MR) is 38.4 cm³/mol. The zero-order chi connectivity index (χ0) is 9.84. The topological polar surface area (TPSA) is 26.3 Å². The van der Waals surface area contributed by atoms with Gasteiger partial charge in [0.1, 0.15) is 17.9 Å². The smallest absolute Gasteiger partial charge is 0.387 e. The van der Waals surface area contributed by atoms with Crippen molar-refractivity contribution in [1.82, 2.24) is 0 Å². The van der Waals surface area contributed by atoms with Crippen molar-refractivity contribution in [2.24, 2.45) is 0 Å². The standard InChI is InChI=1S/C8H5F3O2/c9-6-1-5(4-12)2-7(3-6)13-8(10)11/h1-4,8H. The van der Waals surface area contributed by atoms with Gasteiger partial charge in [0.15, 0.2) is 0 Å². The molecule has 1 rings (SSSR count). The zero-order valence-electron chi connectivity index (χ0n) is 6.34. The molecule has 0 aromatic heterocycles. The molecule has 1 aromatic rings. The summed E-state index contributed by atoms with van der Waals surface area (Å²) in [5.41, 5.74) is -0.0457. The van der Waals surface area contributed by atoms with Crippen LogP contribution in [-0.4, -0.2) is 12.9 Å². The van der Waals surface area contributed by atoms with Crippen molar-refractivity contribution < 1.29 is 22.7 Å². The normalized spacial score (nSPS) is 10.2. The highest BCUT2D eigenvalue weighted by Gasteiger charge is 2.06. The molecule has 0 saturated heterocycles. The van der Waals surface area contributed by atoms with Crippen LogP contribution in [0, 0.1) is 5.82 Å². The van der Waals surface area contributed by atoms with E-state index in [1.54, 1.807) is 0 Å². The Balaban J connectivity index is 2.94. The third kappa shape index (κ3) is 2.77. The minimum Gasteiger partial charge on any atom is -0.435 e. The average Bonchev–Trinajstić information content (AvgIpc) is 2.01. The maximum absolute atomic E-state index is 12.6. The molecular weight excluding hydrogens is 185 g/mol. The second kappa shape index (κ2) is 3.93. The van der Waals surface area contributed by atoms with Gasteiger partial charge in [-0.05, 0) is 12.1 Å². The molecule has 5 heteroatoms. The van der Waals surface area contributed by atoms with Crippen LogP contribution in [0.5, 0.6) is 5.75 Å². The number of hydrogen-bond acceptors (Lipinski definition) is 2. The van der Waals surface area contributed by atoms with Crippen LogP contribution in [0.2, 0.25) is 0 Å². The Morgan fingerprint density at radius 3 is 2.54 bits per heavy atom. The van der Waals surface area contributed by atoms with Crippen LogP contribution < -0.4 is 4.74 Å². The first kappa shape index (κ1) is 9.57. The molecule has 0 amide bonds. The first-order chi connectivity index (χ1) is 6.11. The van der Waals surface area contributed by atoms with E-state index in [-0.39, 0.29) is 11.3 Å². The van der Waals surface area contributed by atoms with Gasteiger partial charge in [-0.3, -0.25) is 4.79 Å². The van der Waals surface area contributed by atoms with Crippen molar-refractivity contribution >= 4 is 6.29 Å². The summed E-state index contributed by atoms with van der Waals surface area (Å²) in [4.78, 5) is 10.2. The highest BCUT2D eigenvalue weighted by molar-refractivity contribution is 5.75. The molecule has 0 unspecified atom stereocenters. The van der Waals surface area contributed by atoms with Crippen LogP contribution >= 0.6 is 0 Å². The van der Waals surface area contributed by atoms with E-state index >= 15 is 0 Å². The third-order valence-electron chi connectivity index (χ3n) is 1.25. The number of alkyl halides is 2. The fourth-order valence-electron chi connectivity index (χ4n) is 0.823. The van der Waals surface area contributed by atoms with Crippen LogP contribution in [0.1, 0.15) is 10.4 Å². The van der Waals surface area contributed by atoms with Gasteiger partial charge in [0.05, 0.1) is 0 Å². The van der Waals surface area contributed by atoms with Gasteiger partial charge >= 0.3 is 6.61 Å². The lowest BCUT2D eigenvalue weighted by molar-refractivity contribution is -0.0500. The number of ether oxygens (including phenoxy) is 1. The Hall–Kier alpha value is -1.52. The van der Waals surface area contributed by atoms with Gasteiger partial charge in [-0.1, -0.05) is 0 Å². The van der Waals surface area contributed by atoms with Crippen molar-refractivity contribution in [3.8, 4) is 5.75 Å². The third-order valence-corrected chi connectivity index (χ3v) is 1.25. The van der Waals surface area contributed by atoms with Crippen molar-refractivity contribution in [2.45, 2.75) is 6.61 Å². The molecule has 0 bridgehead atoms. The summed E-state index contributed by atoms with van der Waals surface area (Å²) >= 11 is 0. The molecule has 2 nitrogen and oxygen atoms in total. The average molecular weight is 190 g/mol. The number of aldehydes is 1. The number of carbonyl (C=O) groups is 1. The summed E-state index contributed by atoms with van der Waals surface area (Å²) in [6.45, 7) is -3.03. The largest absolute Gasteiger partial charge is 0.435 e. The molecule has 0 spiro atoms. The molecule has 0 atom stereocenters. The summed E-state index contributed by atoms with van der Waals surface area (Å²) in [5.74, 6) is -1.16. The number of benzene rings is 1. The Labute approximate surface area is 71.9 Å². The molecule has 0 aliphatic rings. The van der Waals surface area contributed by atoms with Crippen LogP contribution in [-0.2, 0) is 0 Å². The van der Waals surface area contributed by atoms with Gasteiger partial charge in [-0.25, -0.2) is 4.39 Å². The minimum atomic E-state index is -3.03. The summed E-state index contributed by atoms with van der Waals surface area (Å²) in [6.07, 6.45) is 0.349. The maximum Gasteiger partial charge on any atom is 0.387 e. The fourth-order valence-corrected chi connectivity index (χ4v) is 0.823. The molecule has 1 aromatic carbocycles. The van der Waals surface area contributed by atoms with E-state index in [1.165, 1.54) is 0 Å². The maximum atomic E-state index is 12.6. The van der Waals surface area contributed by atoms with Gasteiger partial charge < -0.3 is 4.74 Å². The first-order valence-electron chi connectivity index (χ1n) is 3.32. The van der Waals surface area contributed by atoms with Gasteiger partial charge in [0.25, 0.3) is 0 Å². The molecule has 0 aliphatic carbocycles. The number of hydrogen-bond donors (Lipinski definition) is 0. The molecule has 13 heavy (non-hydrogen) atoms. The number of rotatable bonds is 3. The van der Waals surface area contributed by atoms with Gasteiger partial charge in [0.2, 0.25) is 0 Å². The highest BCUT2D eigenvalue weighted by atomic mass is 19.3. The lowest BCUT2D eigenvalue weighted by Crippen LogP contribution is -2.02. The highest BCUT2D eigenvalue weighted by Crippen LogP contribution is 2.17. The lowest BCUT2D eigenvalue weighted by Gasteiger charge is -2.04. The molecule has 70 valence electrons. The van der Waals surface area contributed by atoms with Crippen LogP contribution in [0.25, 0.3) is 0 Å². The molecule has 0 saturated carbocycles. The summed E-state index contributed by atoms with van der Waals surface area (Å²) in [6, 6.07) is 2.73. The van der Waals surface area contributed by atoms with Crippen molar-refractivity contribution in [3.05, 3.63) is 29.6 Å². The summed E-state index contributed by atoms with van der Waals surface area (Å²) in [7, 11) is 0. The Kier molecular flexibility index (Phi) is 2.89. The van der Waals surface area contributed by atoms with Crippen LogP contribution in [0.15, 0.2) is 18.2 Å². The fraction of sp³-hybridized carbons (Fsp3) is 0.125. The Morgan fingerprint density at radius 1 is 1.31 bits per heavy atom. The van der Waals surface area contributed by atoms with Crippen molar-refractivity contribution in [1.29, 1.82) is 0 Å². The van der Waals surface area contributed by atoms with Gasteiger partial charge in [-0.2, -0.15) is 8.78 Å². The first-order valence-corrected chi connectivity index (χ1v) is 3.32. The van der Waals surface area contributed by atoms with Gasteiger partial charge in [0, 0.05) is 11.6 Å². The van der Waals surface area contributed by atoms with E-state index in [0.29, 0.717) is 6.29 Å². The zero-order valence-corrected chi connectivity index (χ0v) is 6.34. The molecule has 0 fully saturated rings. The predicted octanol–water partition coefficient (Wildman–Crippen LogP) is 2.24. The van der Waals surface area contributed by atoms with E-state index in [2.05, 4.69) is 4.74 Å². The van der Waals surface area contributed by atoms with Crippen LogP contribution in [0.3, 0.4) is 0 Å². The van der Waals surface area contributed by atoms with E-state index in [4.69, 9.17) is 0 Å². The SMILES string of the molecule is O=Cc1cc(F)cc(OC(F)F)c1. The lowest BCUT2D eigenvalue weighted by atomic mass is 10.2. The molecule has 0 radical (unpaired) electrons. The molecule has 0 heterocycles. The summed E-state index contributed by atoms with van der Waals surface area (Å²) in [5, 5.41) is 0. The monoisotopic (exact) mass is 190 g/mol. The summed E-state index contributed by atoms with van der Waals surface area (Å²) < 4.78 is 39.8. The van der Waals surface area contributed by atoms with Crippen LogP contribution in [0.4, 0.5) is 13.2 Å².